The number of aromatic nitrogens is 2. The van der Waals surface area contributed by atoms with Crippen molar-refractivity contribution in [3.05, 3.63) is 18.1 Å². The summed E-state index contributed by atoms with van der Waals surface area (Å²) in [6.45, 7) is 10.5. The molecule has 20 heavy (non-hydrogen) atoms. The van der Waals surface area contributed by atoms with E-state index in [4.69, 9.17) is 4.84 Å². The van der Waals surface area contributed by atoms with Crippen LogP contribution >= 0.6 is 0 Å². The maximum Gasteiger partial charge on any atom is 0.330 e. The molecule has 1 fully saturated rings. The maximum absolute atomic E-state index is 11.8. The maximum atomic E-state index is 11.8. The highest BCUT2D eigenvalue weighted by molar-refractivity contribution is 5.75. The number of carbonyl (C=O) groups excluding carboxylic acids is 1. The Morgan fingerprint density at radius 1 is 1.25 bits per heavy atom. The van der Waals surface area contributed by atoms with Crippen molar-refractivity contribution < 1.29 is 9.63 Å². The third kappa shape index (κ3) is 3.45. The molecule has 110 valence electrons. The predicted octanol–water partition coefficient (Wildman–Crippen LogP) is 1.41. The van der Waals surface area contributed by atoms with Crippen molar-refractivity contribution in [2.75, 3.05) is 31.1 Å². The zero-order valence-electron chi connectivity index (χ0n) is 12.6. The van der Waals surface area contributed by atoms with E-state index in [1.807, 2.05) is 33.9 Å². The fourth-order valence-corrected chi connectivity index (χ4v) is 1.97. The summed E-state index contributed by atoms with van der Waals surface area (Å²) in [7, 11) is 0. The van der Waals surface area contributed by atoms with Crippen LogP contribution < -0.4 is 4.90 Å². The molecule has 2 rings (SSSR count). The zero-order chi connectivity index (χ0) is 14.8. The third-order valence-corrected chi connectivity index (χ3v) is 3.23. The molecule has 0 amide bonds. The quantitative estimate of drug-likeness (QED) is 0.815. The average molecular weight is 278 g/mol. The van der Waals surface area contributed by atoms with Gasteiger partial charge in [0.2, 0.25) is 0 Å². The van der Waals surface area contributed by atoms with Crippen LogP contribution in [0, 0.1) is 12.3 Å². The summed E-state index contributed by atoms with van der Waals surface area (Å²) in [5.74, 6) is 0.769. The molecule has 1 aliphatic rings. The second-order valence-corrected chi connectivity index (χ2v) is 6.07. The van der Waals surface area contributed by atoms with E-state index in [0.717, 1.165) is 24.5 Å². The molecule has 1 saturated heterocycles. The van der Waals surface area contributed by atoms with E-state index >= 15 is 0 Å². The molecule has 0 aliphatic carbocycles. The van der Waals surface area contributed by atoms with Crippen molar-refractivity contribution in [2.45, 2.75) is 27.7 Å². The van der Waals surface area contributed by atoms with Gasteiger partial charge >= 0.3 is 5.97 Å². The van der Waals surface area contributed by atoms with Gasteiger partial charge in [-0.05, 0) is 27.7 Å². The molecular formula is C14H22N4O2. The summed E-state index contributed by atoms with van der Waals surface area (Å²) in [6.07, 6.45) is 3.38. The van der Waals surface area contributed by atoms with Crippen LogP contribution in [-0.2, 0) is 9.63 Å². The van der Waals surface area contributed by atoms with Crippen molar-refractivity contribution in [3.63, 3.8) is 0 Å². The van der Waals surface area contributed by atoms with Crippen LogP contribution in [0.4, 0.5) is 5.82 Å². The van der Waals surface area contributed by atoms with E-state index in [1.165, 1.54) is 0 Å². The normalized spacial score (nSPS) is 17.1. The molecule has 6 nitrogen and oxygen atoms in total. The minimum Gasteiger partial charge on any atom is -0.367 e. The molecule has 0 atom stereocenters. The van der Waals surface area contributed by atoms with E-state index in [9.17, 15) is 4.79 Å². The first-order valence-corrected chi connectivity index (χ1v) is 6.87. The molecule has 1 aromatic rings. The Bertz CT molecular complexity index is 476. The summed E-state index contributed by atoms with van der Waals surface area (Å²) < 4.78 is 0. The highest BCUT2D eigenvalue weighted by Gasteiger charge is 2.28. The lowest BCUT2D eigenvalue weighted by Crippen LogP contribution is -2.48. The van der Waals surface area contributed by atoms with Crippen LogP contribution in [0.15, 0.2) is 12.5 Å². The van der Waals surface area contributed by atoms with E-state index in [1.54, 1.807) is 11.4 Å². The van der Waals surface area contributed by atoms with Crippen molar-refractivity contribution in [2.24, 2.45) is 5.41 Å². The summed E-state index contributed by atoms with van der Waals surface area (Å²) in [5.41, 5.74) is 0.591. The highest BCUT2D eigenvalue weighted by Crippen LogP contribution is 2.19. The molecule has 6 heteroatoms. The lowest BCUT2D eigenvalue weighted by Gasteiger charge is -2.35. The molecule has 2 heterocycles. The number of anilines is 1. The Morgan fingerprint density at radius 2 is 1.90 bits per heavy atom. The first kappa shape index (κ1) is 14.7. The molecule has 1 aromatic heterocycles. The van der Waals surface area contributed by atoms with Crippen LogP contribution in [0.5, 0.6) is 0 Å². The second-order valence-electron chi connectivity index (χ2n) is 6.07. The van der Waals surface area contributed by atoms with E-state index in [2.05, 4.69) is 14.9 Å². The largest absolute Gasteiger partial charge is 0.367 e. The summed E-state index contributed by atoms with van der Waals surface area (Å²) >= 11 is 0. The molecule has 0 saturated carbocycles. The number of hydroxylamine groups is 2. The molecule has 0 radical (unpaired) electrons. The van der Waals surface area contributed by atoms with Gasteiger partial charge in [-0.25, -0.2) is 14.8 Å². The molecule has 0 aromatic carbocycles. The molecule has 1 aliphatic heterocycles. The Labute approximate surface area is 119 Å². The number of carbonyl (C=O) groups is 1. The zero-order valence-corrected chi connectivity index (χ0v) is 12.6. The summed E-state index contributed by atoms with van der Waals surface area (Å²) in [4.78, 5) is 27.8. The standard InChI is InChI=1S/C14H22N4O2/c1-11-9-15-10-16-12(11)17-5-7-18(8-6-17)20-13(19)14(2,3)4/h9-10H,5-8H2,1-4H3. The monoisotopic (exact) mass is 278 g/mol. The number of aryl methyl sites for hydroxylation is 1. The van der Waals surface area contributed by atoms with Crippen LogP contribution in [0.2, 0.25) is 0 Å². The third-order valence-electron chi connectivity index (χ3n) is 3.23. The average Bonchev–Trinajstić information content (AvgIpc) is 2.39. The van der Waals surface area contributed by atoms with Gasteiger partial charge in [-0.2, -0.15) is 0 Å². The molecule has 0 unspecified atom stereocenters. The summed E-state index contributed by atoms with van der Waals surface area (Å²) in [5, 5.41) is 1.74. The van der Waals surface area contributed by atoms with Crippen LogP contribution in [0.3, 0.4) is 0 Å². The molecule has 0 spiro atoms. The van der Waals surface area contributed by atoms with Gasteiger partial charge in [0.1, 0.15) is 12.1 Å². The van der Waals surface area contributed by atoms with Gasteiger partial charge in [0.25, 0.3) is 0 Å². The molecule has 0 N–H and O–H groups in total. The van der Waals surface area contributed by atoms with Crippen LogP contribution in [0.25, 0.3) is 0 Å². The van der Waals surface area contributed by atoms with Gasteiger partial charge < -0.3 is 9.74 Å². The lowest BCUT2D eigenvalue weighted by atomic mass is 9.98. The van der Waals surface area contributed by atoms with Gasteiger partial charge in [0.05, 0.1) is 18.5 Å². The first-order chi connectivity index (χ1) is 9.38. The number of piperazine rings is 1. The fourth-order valence-electron chi connectivity index (χ4n) is 1.97. The SMILES string of the molecule is Cc1cncnc1N1CCN(OC(=O)C(C)(C)C)CC1. The minimum absolute atomic E-state index is 0.191. The van der Waals surface area contributed by atoms with E-state index in [0.29, 0.717) is 13.1 Å². The van der Waals surface area contributed by atoms with Crippen LogP contribution in [-0.4, -0.2) is 47.2 Å². The molecular weight excluding hydrogens is 256 g/mol. The van der Waals surface area contributed by atoms with Crippen molar-refractivity contribution in [3.8, 4) is 0 Å². The van der Waals surface area contributed by atoms with E-state index < -0.39 is 5.41 Å². The number of hydrogen-bond donors (Lipinski definition) is 0. The van der Waals surface area contributed by atoms with Gasteiger partial charge in [-0.3, -0.25) is 0 Å². The van der Waals surface area contributed by atoms with Gasteiger partial charge in [0, 0.05) is 24.8 Å². The number of hydrogen-bond acceptors (Lipinski definition) is 6. The Kier molecular flexibility index (Phi) is 4.23. The smallest absolute Gasteiger partial charge is 0.330 e. The Balaban J connectivity index is 1.90. The van der Waals surface area contributed by atoms with Crippen molar-refractivity contribution >= 4 is 11.8 Å². The van der Waals surface area contributed by atoms with Crippen LogP contribution in [0.1, 0.15) is 26.3 Å². The van der Waals surface area contributed by atoms with E-state index in [-0.39, 0.29) is 5.97 Å². The molecule has 0 bridgehead atoms. The number of rotatable bonds is 2. The van der Waals surface area contributed by atoms with Gasteiger partial charge in [0.15, 0.2) is 0 Å². The lowest BCUT2D eigenvalue weighted by molar-refractivity contribution is -0.201. The topological polar surface area (TPSA) is 58.6 Å². The van der Waals surface area contributed by atoms with Crippen molar-refractivity contribution in [1.29, 1.82) is 0 Å². The van der Waals surface area contributed by atoms with Crippen molar-refractivity contribution in [1.82, 2.24) is 15.0 Å². The Morgan fingerprint density at radius 3 is 2.45 bits per heavy atom. The number of nitrogens with zero attached hydrogens (tertiary/aromatic N) is 4. The fraction of sp³-hybridized carbons (Fsp3) is 0.643. The predicted molar refractivity (Wildman–Crippen MR) is 76.1 cm³/mol. The van der Waals surface area contributed by atoms with Gasteiger partial charge in [-0.1, -0.05) is 0 Å². The summed E-state index contributed by atoms with van der Waals surface area (Å²) in [6, 6.07) is 0. The first-order valence-electron chi connectivity index (χ1n) is 6.87. The Hall–Kier alpha value is -1.69. The highest BCUT2D eigenvalue weighted by atomic mass is 16.7. The second kappa shape index (κ2) is 5.75. The van der Waals surface area contributed by atoms with Gasteiger partial charge in [-0.15, -0.1) is 5.06 Å². The minimum atomic E-state index is -0.472.